The minimum absolute atomic E-state index is 0.167. The molecule has 0 radical (unpaired) electrons. The molecule has 2 heteroatoms. The van der Waals surface area contributed by atoms with Gasteiger partial charge in [-0.05, 0) is 47.9 Å². The number of benzene rings is 5. The van der Waals surface area contributed by atoms with Gasteiger partial charge in [0.25, 0.3) is 0 Å². The maximum Gasteiger partial charge on any atom is 0.0578 e. The summed E-state index contributed by atoms with van der Waals surface area (Å²) in [5.74, 6) is 0. The van der Waals surface area contributed by atoms with Crippen LogP contribution in [0.3, 0.4) is 0 Å². The van der Waals surface area contributed by atoms with Gasteiger partial charge in [-0.2, -0.15) is 0 Å². The highest BCUT2D eigenvalue weighted by molar-refractivity contribution is 7.80. The minimum Gasteiger partial charge on any atom is -0.0772 e. The van der Waals surface area contributed by atoms with Crippen LogP contribution >= 0.6 is 15.8 Å². The normalized spacial score (nSPS) is 18.1. The third-order valence-corrected chi connectivity index (χ3v) is 14.0. The molecule has 5 aromatic rings. The van der Waals surface area contributed by atoms with Crippen molar-refractivity contribution in [3.05, 3.63) is 181 Å². The van der Waals surface area contributed by atoms with Crippen LogP contribution in [0.5, 0.6) is 0 Å². The summed E-state index contributed by atoms with van der Waals surface area (Å²) in [6, 6.07) is 56.2. The van der Waals surface area contributed by atoms with Gasteiger partial charge in [0.2, 0.25) is 0 Å². The van der Waals surface area contributed by atoms with E-state index >= 15 is 0 Å². The molecule has 196 valence electrons. The first-order chi connectivity index (χ1) is 19.6. The third kappa shape index (κ3) is 4.71. The first-order valence-corrected chi connectivity index (χ1v) is 16.6. The molecule has 0 nitrogen and oxygen atoms in total. The second-order valence-electron chi connectivity index (χ2n) is 10.7. The molecular weight excluding hydrogens is 518 g/mol. The molecule has 0 amide bonds. The lowest BCUT2D eigenvalue weighted by Gasteiger charge is -2.55. The summed E-state index contributed by atoms with van der Waals surface area (Å²) in [7, 11) is -1.70. The van der Waals surface area contributed by atoms with Gasteiger partial charge in [0.1, 0.15) is 0 Å². The summed E-state index contributed by atoms with van der Waals surface area (Å²) < 4.78 is 0. The molecular formula is C38H34P2. The van der Waals surface area contributed by atoms with Crippen LogP contribution in [0.4, 0.5) is 0 Å². The molecule has 0 aromatic heterocycles. The van der Waals surface area contributed by atoms with E-state index in [0.29, 0.717) is 0 Å². The van der Waals surface area contributed by atoms with Crippen LogP contribution < -0.4 is 21.2 Å². The quantitative estimate of drug-likeness (QED) is 0.177. The summed E-state index contributed by atoms with van der Waals surface area (Å²) in [5, 5.41) is 6.79. The second-order valence-corrected chi connectivity index (χ2v) is 15.3. The lowest BCUT2D eigenvalue weighted by atomic mass is 9.71. The van der Waals surface area contributed by atoms with E-state index in [4.69, 9.17) is 0 Å². The Labute approximate surface area is 241 Å². The Balaban J connectivity index is 1.75. The van der Waals surface area contributed by atoms with Gasteiger partial charge in [-0.25, -0.2) is 0 Å². The van der Waals surface area contributed by atoms with E-state index in [2.05, 4.69) is 184 Å². The first-order valence-electron chi connectivity index (χ1n) is 13.9. The van der Waals surface area contributed by atoms with Crippen molar-refractivity contribution in [3.63, 3.8) is 0 Å². The Bertz CT molecular complexity index is 1510. The van der Waals surface area contributed by atoms with Crippen molar-refractivity contribution in [2.45, 2.75) is 19.0 Å². The molecule has 1 aliphatic rings. The number of allylic oxidation sites excluding steroid dienone is 4. The molecule has 0 N–H and O–H groups in total. The van der Waals surface area contributed by atoms with Crippen LogP contribution in [0.25, 0.3) is 0 Å². The third-order valence-electron chi connectivity index (χ3n) is 7.90. The Morgan fingerprint density at radius 2 is 0.825 bits per heavy atom. The average Bonchev–Trinajstić information content (AvgIpc) is 3.01. The molecule has 0 saturated heterocycles. The predicted molar refractivity (Wildman–Crippen MR) is 177 cm³/mol. The Kier molecular flexibility index (Phi) is 7.67. The molecule has 0 heterocycles. The summed E-state index contributed by atoms with van der Waals surface area (Å²) in [6.45, 7) is 4.91. The first kappa shape index (κ1) is 26.7. The van der Waals surface area contributed by atoms with E-state index in [9.17, 15) is 0 Å². The summed E-state index contributed by atoms with van der Waals surface area (Å²) in [6.07, 6.45) is 7.24. The van der Waals surface area contributed by atoms with E-state index in [1.165, 1.54) is 32.1 Å². The SMILES string of the molecule is CC1(C)C=CC=C(P(c2ccccc2)c2ccccc2)[C@]1(c1ccccc1)P(c1ccccc1)c1ccccc1. The molecule has 0 fully saturated rings. The van der Waals surface area contributed by atoms with Crippen molar-refractivity contribution < 1.29 is 0 Å². The lowest BCUT2D eigenvalue weighted by molar-refractivity contribution is 0.375. The number of rotatable bonds is 7. The fourth-order valence-electron chi connectivity index (χ4n) is 6.19. The van der Waals surface area contributed by atoms with Gasteiger partial charge >= 0.3 is 0 Å². The Morgan fingerprint density at radius 3 is 1.25 bits per heavy atom. The van der Waals surface area contributed by atoms with Crippen LogP contribution in [-0.2, 0) is 5.16 Å². The monoisotopic (exact) mass is 552 g/mol. The van der Waals surface area contributed by atoms with Crippen LogP contribution in [-0.4, -0.2) is 0 Å². The zero-order valence-electron chi connectivity index (χ0n) is 23.1. The van der Waals surface area contributed by atoms with E-state index in [1.807, 2.05) is 0 Å². The van der Waals surface area contributed by atoms with Gasteiger partial charge in [0.15, 0.2) is 0 Å². The molecule has 0 aliphatic heterocycles. The Morgan fingerprint density at radius 1 is 0.450 bits per heavy atom. The fraction of sp³-hybridized carbons (Fsp3) is 0.105. The van der Waals surface area contributed by atoms with Crippen molar-refractivity contribution >= 4 is 37.1 Å². The van der Waals surface area contributed by atoms with E-state index < -0.39 is 15.8 Å². The van der Waals surface area contributed by atoms with Crippen molar-refractivity contribution in [1.82, 2.24) is 0 Å². The highest BCUT2D eigenvalue weighted by Gasteiger charge is 2.56. The van der Waals surface area contributed by atoms with Gasteiger partial charge in [-0.1, -0.05) is 184 Å². The number of hydrogen-bond donors (Lipinski definition) is 0. The van der Waals surface area contributed by atoms with Gasteiger partial charge in [-0.3, -0.25) is 0 Å². The van der Waals surface area contributed by atoms with Gasteiger partial charge in [-0.15, -0.1) is 0 Å². The predicted octanol–water partition coefficient (Wildman–Crippen LogP) is 8.63. The average molecular weight is 553 g/mol. The van der Waals surface area contributed by atoms with Crippen molar-refractivity contribution in [1.29, 1.82) is 0 Å². The zero-order valence-corrected chi connectivity index (χ0v) is 24.8. The lowest BCUT2D eigenvalue weighted by Crippen LogP contribution is -2.47. The summed E-state index contributed by atoms with van der Waals surface area (Å²) >= 11 is 0. The highest BCUT2D eigenvalue weighted by atomic mass is 31.1. The minimum atomic E-state index is -0.873. The van der Waals surface area contributed by atoms with E-state index in [-0.39, 0.29) is 10.6 Å². The zero-order chi connectivity index (χ0) is 27.4. The molecule has 0 unspecified atom stereocenters. The largest absolute Gasteiger partial charge is 0.0772 e. The van der Waals surface area contributed by atoms with Crippen molar-refractivity contribution in [3.8, 4) is 0 Å². The smallest absolute Gasteiger partial charge is 0.0578 e. The summed E-state index contributed by atoms with van der Waals surface area (Å²) in [5.41, 5.74) is 1.22. The molecule has 5 aromatic carbocycles. The van der Waals surface area contributed by atoms with Crippen LogP contribution in [0, 0.1) is 5.41 Å². The van der Waals surface area contributed by atoms with Crippen LogP contribution in [0.2, 0.25) is 0 Å². The van der Waals surface area contributed by atoms with Crippen LogP contribution in [0.1, 0.15) is 19.4 Å². The van der Waals surface area contributed by atoms with Gasteiger partial charge in [0, 0.05) is 5.41 Å². The summed E-state index contributed by atoms with van der Waals surface area (Å²) in [4.78, 5) is 0. The van der Waals surface area contributed by atoms with E-state index in [1.54, 1.807) is 0 Å². The molecule has 6 rings (SSSR count). The van der Waals surface area contributed by atoms with Crippen molar-refractivity contribution in [2.75, 3.05) is 0 Å². The second kappa shape index (κ2) is 11.5. The maximum atomic E-state index is 2.46. The van der Waals surface area contributed by atoms with Gasteiger partial charge in [0.05, 0.1) is 5.16 Å². The Hall–Kier alpha value is -3.56. The molecule has 1 atom stereocenters. The van der Waals surface area contributed by atoms with Crippen molar-refractivity contribution in [2.24, 2.45) is 5.41 Å². The molecule has 40 heavy (non-hydrogen) atoms. The van der Waals surface area contributed by atoms with Crippen LogP contribution in [0.15, 0.2) is 175 Å². The topological polar surface area (TPSA) is 0 Å². The van der Waals surface area contributed by atoms with E-state index in [0.717, 1.165) is 0 Å². The molecule has 1 aliphatic carbocycles. The molecule has 0 bridgehead atoms. The molecule has 0 spiro atoms. The maximum absolute atomic E-state index is 2.46. The van der Waals surface area contributed by atoms with Gasteiger partial charge < -0.3 is 0 Å². The molecule has 0 saturated carbocycles. The fourth-order valence-corrected chi connectivity index (χ4v) is 12.9. The number of hydrogen-bond acceptors (Lipinski definition) is 0. The standard InChI is InChI=1S/C38H34P2/c1-37(2)30-18-29-36(39(32-21-10-4-11-22-32)33-23-12-5-13-24-33)38(37,31-19-8-3-9-20-31)40(34-25-14-6-15-26-34)35-27-16-7-17-28-35/h3-30H,1-2H3/t38-/m0/s1. The highest BCUT2D eigenvalue weighted by Crippen LogP contribution is 2.73.